The van der Waals surface area contributed by atoms with E-state index < -0.39 is 11.4 Å². The smallest absolute Gasteiger partial charge is 0.351 e. The maximum absolute atomic E-state index is 11.9. The molecule has 0 bridgehead atoms. The van der Waals surface area contributed by atoms with Crippen LogP contribution >= 0.6 is 0 Å². The van der Waals surface area contributed by atoms with Gasteiger partial charge in [0.15, 0.2) is 0 Å². The predicted molar refractivity (Wildman–Crippen MR) is 72.5 cm³/mol. The third kappa shape index (κ3) is 2.12. The average molecular weight is 290 g/mol. The molecule has 0 spiro atoms. The quantitative estimate of drug-likeness (QED) is 0.714. The van der Waals surface area contributed by atoms with Gasteiger partial charge in [0.05, 0.1) is 24.1 Å². The second-order valence-corrected chi connectivity index (χ2v) is 4.79. The zero-order valence-corrected chi connectivity index (χ0v) is 11.8. The van der Waals surface area contributed by atoms with Crippen molar-refractivity contribution < 1.29 is 4.52 Å². The van der Waals surface area contributed by atoms with Crippen molar-refractivity contribution in [2.24, 2.45) is 7.05 Å². The molecule has 3 aromatic rings. The van der Waals surface area contributed by atoms with Crippen LogP contribution in [0.2, 0.25) is 0 Å². The molecule has 0 radical (unpaired) electrons. The Morgan fingerprint density at radius 3 is 2.67 bits per heavy atom. The van der Waals surface area contributed by atoms with Crippen LogP contribution in [0.25, 0.3) is 5.69 Å². The van der Waals surface area contributed by atoms with Crippen molar-refractivity contribution in [3.8, 4) is 5.69 Å². The highest BCUT2D eigenvalue weighted by molar-refractivity contribution is 5.26. The van der Waals surface area contributed by atoms with E-state index in [4.69, 9.17) is 4.52 Å². The third-order valence-electron chi connectivity index (χ3n) is 3.32. The van der Waals surface area contributed by atoms with E-state index in [-0.39, 0.29) is 0 Å². The van der Waals surface area contributed by atoms with Crippen LogP contribution in [-0.2, 0) is 13.6 Å². The van der Waals surface area contributed by atoms with Gasteiger partial charge in [0.1, 0.15) is 5.76 Å². The second-order valence-electron chi connectivity index (χ2n) is 4.79. The average Bonchev–Trinajstić information content (AvgIpc) is 3.07. The van der Waals surface area contributed by atoms with E-state index in [2.05, 4.69) is 15.4 Å². The molecule has 9 nitrogen and oxygen atoms in total. The summed E-state index contributed by atoms with van der Waals surface area (Å²) in [6, 6.07) is 0. The van der Waals surface area contributed by atoms with E-state index in [1.165, 1.54) is 13.2 Å². The summed E-state index contributed by atoms with van der Waals surface area (Å²) in [6.45, 7) is 4.13. The van der Waals surface area contributed by atoms with E-state index in [0.29, 0.717) is 12.2 Å². The van der Waals surface area contributed by atoms with Gasteiger partial charge >= 0.3 is 11.4 Å². The Labute approximate surface area is 118 Å². The summed E-state index contributed by atoms with van der Waals surface area (Å²) in [5.41, 5.74) is 1.18. The summed E-state index contributed by atoms with van der Waals surface area (Å²) in [6.07, 6.45) is 3.09. The number of nitrogens with zero attached hydrogens (tertiary/aromatic N) is 5. The molecule has 0 aliphatic rings. The van der Waals surface area contributed by atoms with Gasteiger partial charge in [-0.25, -0.2) is 23.9 Å². The minimum absolute atomic E-state index is 0.411. The standard InChI is InChI=1S/C12H14N6O3/c1-7-10(8(2)21-15-7)6-17-5-9(4-13-17)18-11(19)14-16(3)12(18)20/h4-5H,6H2,1-3H3,(H,14,19). The first-order valence-electron chi connectivity index (χ1n) is 6.30. The molecule has 0 aliphatic heterocycles. The summed E-state index contributed by atoms with van der Waals surface area (Å²) in [5.74, 6) is 0.722. The Kier molecular flexibility index (Phi) is 2.89. The van der Waals surface area contributed by atoms with Crippen molar-refractivity contribution in [2.75, 3.05) is 0 Å². The van der Waals surface area contributed by atoms with Crippen LogP contribution in [0.5, 0.6) is 0 Å². The van der Waals surface area contributed by atoms with Crippen molar-refractivity contribution in [3.05, 3.63) is 50.4 Å². The molecular weight excluding hydrogens is 276 g/mol. The molecule has 110 valence electrons. The first kappa shape index (κ1) is 13.2. The molecule has 0 fully saturated rings. The highest BCUT2D eigenvalue weighted by Crippen LogP contribution is 2.14. The van der Waals surface area contributed by atoms with Crippen molar-refractivity contribution >= 4 is 0 Å². The Balaban J connectivity index is 1.98. The fourth-order valence-corrected chi connectivity index (χ4v) is 2.15. The summed E-state index contributed by atoms with van der Waals surface area (Å²) >= 11 is 0. The van der Waals surface area contributed by atoms with Crippen LogP contribution in [0, 0.1) is 13.8 Å². The van der Waals surface area contributed by atoms with Crippen LogP contribution in [0.15, 0.2) is 26.5 Å². The van der Waals surface area contributed by atoms with Crippen molar-refractivity contribution in [3.63, 3.8) is 0 Å². The molecule has 0 saturated carbocycles. The SMILES string of the molecule is Cc1noc(C)c1Cn1cc(-n2c(=O)[nH]n(C)c2=O)cn1. The van der Waals surface area contributed by atoms with Gasteiger partial charge in [0.25, 0.3) is 0 Å². The summed E-state index contributed by atoms with van der Waals surface area (Å²) in [7, 11) is 1.48. The van der Waals surface area contributed by atoms with Gasteiger partial charge in [-0.15, -0.1) is 0 Å². The maximum atomic E-state index is 11.9. The molecule has 1 N–H and O–H groups in total. The number of hydrogen-bond donors (Lipinski definition) is 1. The molecule has 3 heterocycles. The summed E-state index contributed by atoms with van der Waals surface area (Å²) in [5, 5.41) is 10.4. The zero-order chi connectivity index (χ0) is 15.1. The van der Waals surface area contributed by atoms with Crippen molar-refractivity contribution in [1.29, 1.82) is 0 Å². The van der Waals surface area contributed by atoms with Crippen molar-refractivity contribution in [2.45, 2.75) is 20.4 Å². The fourth-order valence-electron chi connectivity index (χ4n) is 2.15. The molecule has 3 aromatic heterocycles. The van der Waals surface area contributed by atoms with Crippen LogP contribution < -0.4 is 11.4 Å². The molecule has 3 rings (SSSR count). The molecule has 0 unspecified atom stereocenters. The molecule has 9 heteroatoms. The lowest BCUT2D eigenvalue weighted by molar-refractivity contribution is 0.391. The Morgan fingerprint density at radius 2 is 2.10 bits per heavy atom. The predicted octanol–water partition coefficient (Wildman–Crippen LogP) is -0.286. The maximum Gasteiger partial charge on any atom is 0.351 e. The number of aromatic amines is 1. The van der Waals surface area contributed by atoms with E-state index in [0.717, 1.165) is 26.3 Å². The van der Waals surface area contributed by atoms with Crippen LogP contribution in [-0.4, -0.2) is 29.3 Å². The summed E-state index contributed by atoms with van der Waals surface area (Å²) < 4.78 is 8.87. The van der Waals surface area contributed by atoms with Gasteiger partial charge in [-0.2, -0.15) is 5.10 Å². The molecule has 0 amide bonds. The number of rotatable bonds is 3. The van der Waals surface area contributed by atoms with Crippen LogP contribution in [0.3, 0.4) is 0 Å². The molecule has 0 aromatic carbocycles. The lowest BCUT2D eigenvalue weighted by atomic mass is 10.2. The first-order valence-corrected chi connectivity index (χ1v) is 6.30. The van der Waals surface area contributed by atoms with Crippen molar-refractivity contribution in [1.82, 2.24) is 29.3 Å². The van der Waals surface area contributed by atoms with E-state index in [1.807, 2.05) is 13.8 Å². The number of aryl methyl sites for hydroxylation is 3. The lowest BCUT2D eigenvalue weighted by Crippen LogP contribution is -2.26. The summed E-state index contributed by atoms with van der Waals surface area (Å²) in [4.78, 5) is 23.6. The minimum atomic E-state index is -0.501. The molecule has 0 atom stereocenters. The van der Waals surface area contributed by atoms with Crippen LogP contribution in [0.4, 0.5) is 0 Å². The second kappa shape index (κ2) is 4.62. The minimum Gasteiger partial charge on any atom is -0.361 e. The van der Waals surface area contributed by atoms with Gasteiger partial charge in [-0.05, 0) is 13.8 Å². The Morgan fingerprint density at radius 1 is 1.33 bits per heavy atom. The molecule has 21 heavy (non-hydrogen) atoms. The van der Waals surface area contributed by atoms with Gasteiger partial charge < -0.3 is 4.52 Å². The lowest BCUT2D eigenvalue weighted by Gasteiger charge is -1.99. The fraction of sp³-hybridized carbons (Fsp3) is 0.333. The zero-order valence-electron chi connectivity index (χ0n) is 11.8. The first-order chi connectivity index (χ1) is 9.97. The van der Waals surface area contributed by atoms with E-state index in [9.17, 15) is 9.59 Å². The van der Waals surface area contributed by atoms with E-state index in [1.54, 1.807) is 10.9 Å². The van der Waals surface area contributed by atoms with Gasteiger partial charge in [-0.3, -0.25) is 4.68 Å². The van der Waals surface area contributed by atoms with E-state index >= 15 is 0 Å². The Hall–Kier alpha value is -2.84. The van der Waals surface area contributed by atoms with Crippen LogP contribution in [0.1, 0.15) is 17.0 Å². The topological polar surface area (TPSA) is 104 Å². The number of H-pyrrole nitrogens is 1. The van der Waals surface area contributed by atoms with Gasteiger partial charge in [-0.1, -0.05) is 5.16 Å². The van der Waals surface area contributed by atoms with Gasteiger partial charge in [0, 0.05) is 18.8 Å². The highest BCUT2D eigenvalue weighted by atomic mass is 16.5. The highest BCUT2D eigenvalue weighted by Gasteiger charge is 2.13. The number of hydrogen-bond acceptors (Lipinski definition) is 5. The molecule has 0 saturated heterocycles. The number of aromatic nitrogens is 6. The van der Waals surface area contributed by atoms with Gasteiger partial charge in [0.2, 0.25) is 0 Å². The third-order valence-corrected chi connectivity index (χ3v) is 3.32. The Bertz CT molecular complexity index is 887. The number of nitrogens with one attached hydrogen (secondary N) is 1. The molecule has 0 aliphatic carbocycles. The molecular formula is C12H14N6O3. The monoisotopic (exact) mass is 290 g/mol. The normalized spacial score (nSPS) is 11.2. The largest absolute Gasteiger partial charge is 0.361 e.